The zero-order valence-corrected chi connectivity index (χ0v) is 14.3. The molecule has 1 atom stereocenters. The lowest BCUT2D eigenvalue weighted by Crippen LogP contribution is -2.37. The average Bonchev–Trinajstić information content (AvgIpc) is 3.29. The Balaban J connectivity index is 1.82. The quantitative estimate of drug-likeness (QED) is 0.716. The molecule has 1 aliphatic carbocycles. The van der Waals surface area contributed by atoms with Crippen LogP contribution in [0.1, 0.15) is 51.5 Å². The van der Waals surface area contributed by atoms with Crippen LogP contribution in [-0.4, -0.2) is 42.4 Å². The van der Waals surface area contributed by atoms with Crippen LogP contribution in [0.15, 0.2) is 24.3 Å². The minimum Gasteiger partial charge on any atom is -0.491 e. The van der Waals surface area contributed by atoms with Gasteiger partial charge in [-0.15, -0.1) is 0 Å². The summed E-state index contributed by atoms with van der Waals surface area (Å²) in [6.45, 7) is 9.81. The van der Waals surface area contributed by atoms with E-state index in [0.29, 0.717) is 19.1 Å². The predicted molar refractivity (Wildman–Crippen MR) is 91.5 cm³/mol. The van der Waals surface area contributed by atoms with Crippen LogP contribution in [0.3, 0.4) is 0 Å². The third kappa shape index (κ3) is 5.62. The second-order valence-electron chi connectivity index (χ2n) is 6.86. The Morgan fingerprint density at radius 1 is 1.27 bits per heavy atom. The van der Waals surface area contributed by atoms with Crippen molar-refractivity contribution in [1.29, 1.82) is 0 Å². The summed E-state index contributed by atoms with van der Waals surface area (Å²) in [6.07, 6.45) is 3.42. The van der Waals surface area contributed by atoms with E-state index in [9.17, 15) is 5.11 Å². The third-order valence-electron chi connectivity index (χ3n) is 4.19. The van der Waals surface area contributed by atoms with Crippen LogP contribution in [0.5, 0.6) is 5.75 Å². The van der Waals surface area contributed by atoms with Crippen LogP contribution < -0.4 is 4.74 Å². The maximum atomic E-state index is 10.3. The first-order valence-electron chi connectivity index (χ1n) is 8.72. The molecule has 1 aromatic rings. The second kappa shape index (κ2) is 8.54. The minimum atomic E-state index is -0.425. The number of benzene rings is 1. The van der Waals surface area contributed by atoms with Crippen molar-refractivity contribution in [2.45, 2.75) is 52.1 Å². The number of ether oxygens (including phenoxy) is 1. The van der Waals surface area contributed by atoms with Gasteiger partial charge in [-0.3, -0.25) is 0 Å². The lowest BCUT2D eigenvalue weighted by atomic mass is 10.0. The molecule has 0 amide bonds. The van der Waals surface area contributed by atoms with Crippen molar-refractivity contribution in [3.8, 4) is 5.75 Å². The van der Waals surface area contributed by atoms with Gasteiger partial charge in [-0.25, -0.2) is 0 Å². The summed E-state index contributed by atoms with van der Waals surface area (Å²) >= 11 is 0. The smallest absolute Gasteiger partial charge is 0.122 e. The van der Waals surface area contributed by atoms with E-state index in [1.807, 2.05) is 18.2 Å². The molecule has 0 heterocycles. The van der Waals surface area contributed by atoms with Crippen molar-refractivity contribution in [2.24, 2.45) is 5.92 Å². The van der Waals surface area contributed by atoms with E-state index in [1.54, 1.807) is 0 Å². The number of rotatable bonds is 10. The Bertz CT molecular complexity index is 443. The van der Waals surface area contributed by atoms with Gasteiger partial charge in [0, 0.05) is 13.1 Å². The van der Waals surface area contributed by atoms with E-state index >= 15 is 0 Å². The van der Waals surface area contributed by atoms with Gasteiger partial charge in [0.25, 0.3) is 0 Å². The van der Waals surface area contributed by atoms with Gasteiger partial charge in [-0.05, 0) is 49.3 Å². The largest absolute Gasteiger partial charge is 0.491 e. The second-order valence-corrected chi connectivity index (χ2v) is 6.86. The third-order valence-corrected chi connectivity index (χ3v) is 4.19. The number of hydrogen-bond donors (Lipinski definition) is 1. The SMILES string of the molecule is CCCN(CC(O)COc1ccccc1C(C)C)CC1CC1. The fraction of sp³-hybridized carbons (Fsp3) is 0.684. The van der Waals surface area contributed by atoms with Crippen molar-refractivity contribution in [3.05, 3.63) is 29.8 Å². The molecule has 124 valence electrons. The van der Waals surface area contributed by atoms with E-state index in [1.165, 1.54) is 18.4 Å². The highest BCUT2D eigenvalue weighted by Crippen LogP contribution is 2.30. The van der Waals surface area contributed by atoms with E-state index in [-0.39, 0.29) is 0 Å². The van der Waals surface area contributed by atoms with Gasteiger partial charge in [-0.1, -0.05) is 39.0 Å². The summed E-state index contributed by atoms with van der Waals surface area (Å²) < 4.78 is 5.88. The van der Waals surface area contributed by atoms with Gasteiger partial charge in [0.1, 0.15) is 18.5 Å². The van der Waals surface area contributed by atoms with Gasteiger partial charge in [0.05, 0.1) is 0 Å². The van der Waals surface area contributed by atoms with Gasteiger partial charge < -0.3 is 14.7 Å². The first-order valence-corrected chi connectivity index (χ1v) is 8.72. The molecule has 1 aliphatic rings. The number of aliphatic hydroxyl groups is 1. The van der Waals surface area contributed by atoms with Crippen molar-refractivity contribution < 1.29 is 9.84 Å². The standard InChI is InChI=1S/C19H31NO2/c1-4-11-20(12-16-9-10-16)13-17(21)14-22-19-8-6-5-7-18(19)15(2)3/h5-8,15-17,21H,4,9-14H2,1-3H3. The van der Waals surface area contributed by atoms with Crippen LogP contribution >= 0.6 is 0 Å². The lowest BCUT2D eigenvalue weighted by Gasteiger charge is -2.25. The van der Waals surface area contributed by atoms with Crippen LogP contribution in [-0.2, 0) is 0 Å². The summed E-state index contributed by atoms with van der Waals surface area (Å²) in [4.78, 5) is 2.39. The summed E-state index contributed by atoms with van der Waals surface area (Å²) in [6, 6.07) is 8.13. The van der Waals surface area contributed by atoms with Gasteiger partial charge >= 0.3 is 0 Å². The lowest BCUT2D eigenvalue weighted by molar-refractivity contribution is 0.0661. The molecule has 1 saturated carbocycles. The molecular formula is C19H31NO2. The summed E-state index contributed by atoms with van der Waals surface area (Å²) in [5, 5.41) is 10.3. The molecule has 0 radical (unpaired) electrons. The summed E-state index contributed by atoms with van der Waals surface area (Å²) in [5.74, 6) is 2.20. The van der Waals surface area contributed by atoms with Crippen LogP contribution in [0.2, 0.25) is 0 Å². The zero-order chi connectivity index (χ0) is 15.9. The van der Waals surface area contributed by atoms with Gasteiger partial charge in [-0.2, -0.15) is 0 Å². The highest BCUT2D eigenvalue weighted by Gasteiger charge is 2.25. The van der Waals surface area contributed by atoms with E-state index in [2.05, 4.69) is 31.7 Å². The molecule has 0 bridgehead atoms. The van der Waals surface area contributed by atoms with E-state index in [4.69, 9.17) is 4.74 Å². The first kappa shape index (κ1) is 17.3. The van der Waals surface area contributed by atoms with Gasteiger partial charge in [0.15, 0.2) is 0 Å². The fourth-order valence-electron chi connectivity index (χ4n) is 2.86. The van der Waals surface area contributed by atoms with Crippen molar-refractivity contribution in [3.63, 3.8) is 0 Å². The molecule has 1 aromatic carbocycles. The van der Waals surface area contributed by atoms with Crippen LogP contribution in [0.4, 0.5) is 0 Å². The Morgan fingerprint density at radius 3 is 2.64 bits per heavy atom. The highest BCUT2D eigenvalue weighted by molar-refractivity contribution is 5.35. The highest BCUT2D eigenvalue weighted by atomic mass is 16.5. The minimum absolute atomic E-state index is 0.370. The normalized spacial score (nSPS) is 16.3. The summed E-state index contributed by atoms with van der Waals surface area (Å²) in [5.41, 5.74) is 1.21. The Labute approximate surface area is 135 Å². The number of para-hydroxylation sites is 1. The maximum Gasteiger partial charge on any atom is 0.122 e. The van der Waals surface area contributed by atoms with Crippen LogP contribution in [0.25, 0.3) is 0 Å². The molecule has 1 N–H and O–H groups in total. The number of hydrogen-bond acceptors (Lipinski definition) is 3. The van der Waals surface area contributed by atoms with Crippen molar-refractivity contribution >= 4 is 0 Å². The number of aliphatic hydroxyl groups excluding tert-OH is 1. The molecule has 3 heteroatoms. The number of nitrogens with zero attached hydrogens (tertiary/aromatic N) is 1. The first-order chi connectivity index (χ1) is 10.6. The monoisotopic (exact) mass is 305 g/mol. The van der Waals surface area contributed by atoms with Crippen molar-refractivity contribution in [1.82, 2.24) is 4.90 Å². The predicted octanol–water partition coefficient (Wildman–Crippen LogP) is 3.67. The van der Waals surface area contributed by atoms with Crippen molar-refractivity contribution in [2.75, 3.05) is 26.2 Å². The molecule has 0 aromatic heterocycles. The van der Waals surface area contributed by atoms with E-state index < -0.39 is 6.10 Å². The summed E-state index contributed by atoms with van der Waals surface area (Å²) in [7, 11) is 0. The zero-order valence-electron chi connectivity index (χ0n) is 14.3. The maximum absolute atomic E-state index is 10.3. The molecule has 1 fully saturated rings. The topological polar surface area (TPSA) is 32.7 Å². The molecule has 2 rings (SSSR count). The Kier molecular flexibility index (Phi) is 6.71. The average molecular weight is 305 g/mol. The molecule has 3 nitrogen and oxygen atoms in total. The molecular weight excluding hydrogens is 274 g/mol. The molecule has 0 spiro atoms. The van der Waals surface area contributed by atoms with Crippen LogP contribution in [0, 0.1) is 5.92 Å². The molecule has 0 saturated heterocycles. The Morgan fingerprint density at radius 2 is 2.00 bits per heavy atom. The molecule has 1 unspecified atom stereocenters. The van der Waals surface area contributed by atoms with E-state index in [0.717, 1.165) is 31.2 Å². The fourth-order valence-corrected chi connectivity index (χ4v) is 2.86. The Hall–Kier alpha value is -1.06. The molecule has 22 heavy (non-hydrogen) atoms. The molecule has 0 aliphatic heterocycles. The van der Waals surface area contributed by atoms with Gasteiger partial charge in [0.2, 0.25) is 0 Å².